The molecule has 0 radical (unpaired) electrons. The van der Waals surface area contributed by atoms with E-state index in [0.717, 1.165) is 11.6 Å². The van der Waals surface area contributed by atoms with Gasteiger partial charge in [0.15, 0.2) is 0 Å². The second kappa shape index (κ2) is 4.25. The molecule has 1 aliphatic carbocycles. The smallest absolute Gasteiger partial charge is 0.0825 e. The van der Waals surface area contributed by atoms with Crippen LogP contribution in [0, 0.1) is 12.8 Å². The summed E-state index contributed by atoms with van der Waals surface area (Å²) < 4.78 is 1.88. The lowest BCUT2D eigenvalue weighted by Crippen LogP contribution is -2.26. The lowest BCUT2D eigenvalue weighted by Gasteiger charge is -2.27. The van der Waals surface area contributed by atoms with E-state index in [1.807, 2.05) is 11.7 Å². The molecule has 1 heterocycles. The number of anilines is 1. The third-order valence-electron chi connectivity index (χ3n) is 3.31. The van der Waals surface area contributed by atoms with Gasteiger partial charge in [0.05, 0.1) is 11.4 Å². The summed E-state index contributed by atoms with van der Waals surface area (Å²) in [4.78, 5) is 0. The fourth-order valence-corrected chi connectivity index (χ4v) is 2.53. The Kier molecular flexibility index (Phi) is 2.98. The molecule has 0 aromatic carbocycles. The second-order valence-corrected chi connectivity index (χ2v) is 4.91. The predicted octanol–water partition coefficient (Wildman–Crippen LogP) is 2.72. The minimum Gasteiger partial charge on any atom is -0.380 e. The number of nitrogens with zero attached hydrogens (tertiary/aromatic N) is 2. The van der Waals surface area contributed by atoms with Crippen LogP contribution < -0.4 is 5.32 Å². The van der Waals surface area contributed by atoms with Crippen LogP contribution in [0.4, 0.5) is 5.69 Å². The van der Waals surface area contributed by atoms with Crippen LogP contribution in [0.5, 0.6) is 0 Å². The molecule has 1 aromatic rings. The Bertz CT molecular complexity index is 330. The fourth-order valence-electron chi connectivity index (χ4n) is 2.53. The summed E-state index contributed by atoms with van der Waals surface area (Å²) in [7, 11) is 1.97. The summed E-state index contributed by atoms with van der Waals surface area (Å²) in [5, 5.41) is 7.97. The predicted molar refractivity (Wildman–Crippen MR) is 63.0 cm³/mol. The molecule has 84 valence electrons. The van der Waals surface area contributed by atoms with Crippen LogP contribution in [0.2, 0.25) is 0 Å². The van der Waals surface area contributed by atoms with Gasteiger partial charge in [-0.1, -0.05) is 19.8 Å². The first-order valence-corrected chi connectivity index (χ1v) is 5.92. The van der Waals surface area contributed by atoms with Gasteiger partial charge in [0.25, 0.3) is 0 Å². The topological polar surface area (TPSA) is 29.9 Å². The number of aryl methyl sites for hydroxylation is 2. The van der Waals surface area contributed by atoms with Gasteiger partial charge < -0.3 is 5.32 Å². The van der Waals surface area contributed by atoms with Crippen molar-refractivity contribution in [3.63, 3.8) is 0 Å². The molecular formula is C12H21N3. The third-order valence-corrected chi connectivity index (χ3v) is 3.31. The molecule has 0 bridgehead atoms. The summed E-state index contributed by atoms with van der Waals surface area (Å²) >= 11 is 0. The molecule has 0 amide bonds. The Hall–Kier alpha value is -0.990. The Morgan fingerprint density at radius 3 is 2.87 bits per heavy atom. The molecule has 2 rings (SSSR count). The third kappa shape index (κ3) is 2.52. The van der Waals surface area contributed by atoms with Crippen LogP contribution in [-0.4, -0.2) is 15.8 Å². The molecule has 1 aromatic heterocycles. The van der Waals surface area contributed by atoms with Gasteiger partial charge in [0, 0.05) is 19.3 Å². The van der Waals surface area contributed by atoms with Gasteiger partial charge in [-0.3, -0.25) is 4.68 Å². The fraction of sp³-hybridized carbons (Fsp3) is 0.750. The first-order valence-electron chi connectivity index (χ1n) is 5.92. The maximum Gasteiger partial charge on any atom is 0.0825 e. The Morgan fingerprint density at radius 2 is 2.27 bits per heavy atom. The summed E-state index contributed by atoms with van der Waals surface area (Å²) in [5.74, 6) is 0.869. The minimum absolute atomic E-state index is 0.650. The Labute approximate surface area is 91.9 Å². The molecule has 0 spiro atoms. The summed E-state index contributed by atoms with van der Waals surface area (Å²) in [6.07, 6.45) is 7.43. The van der Waals surface area contributed by atoms with Crippen LogP contribution in [0.15, 0.2) is 6.20 Å². The van der Waals surface area contributed by atoms with E-state index in [1.54, 1.807) is 0 Å². The maximum absolute atomic E-state index is 4.35. The van der Waals surface area contributed by atoms with Crippen LogP contribution in [0.25, 0.3) is 0 Å². The van der Waals surface area contributed by atoms with Crippen molar-refractivity contribution in [3.05, 3.63) is 11.9 Å². The van der Waals surface area contributed by atoms with E-state index in [2.05, 4.69) is 30.5 Å². The average Bonchev–Trinajstić information content (AvgIpc) is 2.45. The standard InChI is InChI=1S/C12H21N3/c1-9-5-4-6-11(7-9)13-12-8-15(3)14-10(12)2/h8-9,11,13H,4-7H2,1-3H3. The van der Waals surface area contributed by atoms with E-state index in [0.29, 0.717) is 6.04 Å². The summed E-state index contributed by atoms with van der Waals surface area (Å²) in [6, 6.07) is 0.650. The highest BCUT2D eigenvalue weighted by molar-refractivity contribution is 5.46. The highest BCUT2D eigenvalue weighted by Crippen LogP contribution is 2.26. The molecule has 2 atom stereocenters. The second-order valence-electron chi connectivity index (χ2n) is 4.91. The number of rotatable bonds is 2. The zero-order chi connectivity index (χ0) is 10.8. The number of nitrogens with one attached hydrogen (secondary N) is 1. The van der Waals surface area contributed by atoms with Gasteiger partial charge in [0.1, 0.15) is 0 Å². The zero-order valence-corrected chi connectivity index (χ0v) is 9.95. The molecule has 3 heteroatoms. The quantitative estimate of drug-likeness (QED) is 0.808. The first-order chi connectivity index (χ1) is 7.15. The van der Waals surface area contributed by atoms with Crippen LogP contribution >= 0.6 is 0 Å². The van der Waals surface area contributed by atoms with E-state index in [9.17, 15) is 0 Å². The number of aromatic nitrogens is 2. The zero-order valence-electron chi connectivity index (χ0n) is 9.95. The van der Waals surface area contributed by atoms with E-state index in [1.165, 1.54) is 31.4 Å². The average molecular weight is 207 g/mol. The first kappa shape index (κ1) is 10.5. The van der Waals surface area contributed by atoms with E-state index < -0.39 is 0 Å². The lowest BCUT2D eigenvalue weighted by atomic mass is 9.87. The van der Waals surface area contributed by atoms with Gasteiger partial charge in [-0.25, -0.2) is 0 Å². The van der Waals surface area contributed by atoms with Crippen molar-refractivity contribution in [1.29, 1.82) is 0 Å². The highest BCUT2D eigenvalue weighted by Gasteiger charge is 2.19. The Morgan fingerprint density at radius 1 is 1.47 bits per heavy atom. The molecule has 1 aliphatic rings. The summed E-state index contributed by atoms with van der Waals surface area (Å²) in [6.45, 7) is 4.42. The van der Waals surface area contributed by atoms with E-state index >= 15 is 0 Å². The molecule has 1 saturated carbocycles. The summed E-state index contributed by atoms with van der Waals surface area (Å²) in [5.41, 5.74) is 2.31. The van der Waals surface area contributed by atoms with Gasteiger partial charge in [0.2, 0.25) is 0 Å². The normalized spacial score (nSPS) is 26.6. The van der Waals surface area contributed by atoms with Crippen LogP contribution in [0.1, 0.15) is 38.3 Å². The van der Waals surface area contributed by atoms with Gasteiger partial charge in [-0.15, -0.1) is 0 Å². The van der Waals surface area contributed by atoms with Gasteiger partial charge in [-0.05, 0) is 25.7 Å². The van der Waals surface area contributed by atoms with Crippen molar-refractivity contribution in [2.45, 2.75) is 45.6 Å². The van der Waals surface area contributed by atoms with Crippen LogP contribution in [-0.2, 0) is 7.05 Å². The largest absolute Gasteiger partial charge is 0.380 e. The van der Waals surface area contributed by atoms with Crippen molar-refractivity contribution >= 4 is 5.69 Å². The van der Waals surface area contributed by atoms with Crippen LogP contribution in [0.3, 0.4) is 0 Å². The maximum atomic E-state index is 4.35. The van der Waals surface area contributed by atoms with E-state index in [-0.39, 0.29) is 0 Å². The van der Waals surface area contributed by atoms with Crippen molar-refractivity contribution in [2.24, 2.45) is 13.0 Å². The monoisotopic (exact) mass is 207 g/mol. The van der Waals surface area contributed by atoms with Crippen molar-refractivity contribution in [3.8, 4) is 0 Å². The highest BCUT2D eigenvalue weighted by atomic mass is 15.3. The number of hydrogen-bond donors (Lipinski definition) is 1. The molecule has 3 nitrogen and oxygen atoms in total. The molecule has 0 saturated heterocycles. The van der Waals surface area contributed by atoms with Gasteiger partial charge in [-0.2, -0.15) is 5.10 Å². The molecule has 1 fully saturated rings. The SMILES string of the molecule is Cc1nn(C)cc1NC1CCCC(C)C1. The van der Waals surface area contributed by atoms with Crippen molar-refractivity contribution < 1.29 is 0 Å². The molecule has 0 aliphatic heterocycles. The molecule has 2 unspecified atom stereocenters. The minimum atomic E-state index is 0.650. The molecular weight excluding hydrogens is 186 g/mol. The van der Waals surface area contributed by atoms with E-state index in [4.69, 9.17) is 0 Å². The molecule has 15 heavy (non-hydrogen) atoms. The van der Waals surface area contributed by atoms with Crippen molar-refractivity contribution in [2.75, 3.05) is 5.32 Å². The van der Waals surface area contributed by atoms with Crippen molar-refractivity contribution in [1.82, 2.24) is 9.78 Å². The molecule has 1 N–H and O–H groups in total. The number of hydrogen-bond acceptors (Lipinski definition) is 2. The van der Waals surface area contributed by atoms with Gasteiger partial charge >= 0.3 is 0 Å². The lowest BCUT2D eigenvalue weighted by molar-refractivity contribution is 0.358. The Balaban J connectivity index is 1.99.